The third kappa shape index (κ3) is 3.32. The Kier molecular flexibility index (Phi) is 3.92. The Morgan fingerprint density at radius 1 is 1.32 bits per heavy atom. The molecule has 1 aliphatic carbocycles. The zero-order valence-corrected chi connectivity index (χ0v) is 11.9. The average molecular weight is 306 g/mol. The Morgan fingerprint density at radius 2 is 2.09 bits per heavy atom. The van der Waals surface area contributed by atoms with Crippen molar-refractivity contribution in [2.45, 2.75) is 31.6 Å². The van der Waals surface area contributed by atoms with Gasteiger partial charge in [-0.05, 0) is 25.0 Å². The molecule has 0 atom stereocenters. The Hall–Kier alpha value is -2.24. The summed E-state index contributed by atoms with van der Waals surface area (Å²) >= 11 is 0. The minimum atomic E-state index is -2.62. The zero-order chi connectivity index (χ0) is 15.6. The van der Waals surface area contributed by atoms with Gasteiger partial charge in [0.25, 0.3) is 0 Å². The molecule has 1 aliphatic rings. The fourth-order valence-electron chi connectivity index (χ4n) is 2.66. The summed E-state index contributed by atoms with van der Waals surface area (Å²) in [5.74, 6) is -2.57. The average Bonchev–Trinajstić information content (AvgIpc) is 3.01. The lowest BCUT2D eigenvalue weighted by molar-refractivity contribution is -0.124. The number of nitrogens with zero attached hydrogens (tertiary/aromatic N) is 1. The molecule has 1 aromatic carbocycles. The van der Waals surface area contributed by atoms with Crippen LogP contribution in [0.2, 0.25) is 0 Å². The van der Waals surface area contributed by atoms with Crippen LogP contribution < -0.4 is 5.32 Å². The number of carbonyl (C=O) groups excluding carboxylic acids is 1. The van der Waals surface area contributed by atoms with Gasteiger partial charge in [-0.3, -0.25) is 4.79 Å². The number of hydrogen-bond donors (Lipinski definition) is 1. The lowest BCUT2D eigenvalue weighted by Crippen LogP contribution is -2.31. The number of halogens is 2. The second kappa shape index (κ2) is 5.87. The van der Waals surface area contributed by atoms with Gasteiger partial charge in [0.2, 0.25) is 11.8 Å². The summed E-state index contributed by atoms with van der Waals surface area (Å²) in [6.07, 6.45) is 2.93. The monoisotopic (exact) mass is 306 g/mol. The first-order chi connectivity index (χ1) is 10.5. The van der Waals surface area contributed by atoms with Gasteiger partial charge in [-0.25, -0.2) is 13.8 Å². The molecular formula is C16H16F2N2O2. The maximum Gasteiger partial charge on any atom is 0.248 e. The van der Waals surface area contributed by atoms with Gasteiger partial charge in [0.15, 0.2) is 12.2 Å². The Bertz CT molecular complexity index is 646. The van der Waals surface area contributed by atoms with Gasteiger partial charge >= 0.3 is 0 Å². The summed E-state index contributed by atoms with van der Waals surface area (Å²) in [4.78, 5) is 16.0. The molecule has 0 aliphatic heterocycles. The fraction of sp³-hybridized carbons (Fsp3) is 0.375. The van der Waals surface area contributed by atoms with E-state index < -0.39 is 5.92 Å². The number of hydrogen-bond acceptors (Lipinski definition) is 3. The number of carbonyl (C=O) groups is 1. The molecule has 0 saturated heterocycles. The van der Waals surface area contributed by atoms with E-state index in [1.165, 1.54) is 6.39 Å². The Labute approximate surface area is 126 Å². The minimum Gasteiger partial charge on any atom is -0.444 e. The number of anilines is 1. The number of benzene rings is 1. The van der Waals surface area contributed by atoms with Crippen molar-refractivity contribution in [3.05, 3.63) is 36.9 Å². The van der Waals surface area contributed by atoms with Crippen molar-refractivity contribution in [3.63, 3.8) is 0 Å². The minimum absolute atomic E-state index is 0.204. The highest BCUT2D eigenvalue weighted by atomic mass is 19.3. The second-order valence-corrected chi connectivity index (χ2v) is 5.57. The molecule has 1 heterocycles. The number of amides is 1. The van der Waals surface area contributed by atoms with Crippen LogP contribution in [0.3, 0.4) is 0 Å². The predicted molar refractivity (Wildman–Crippen MR) is 77.5 cm³/mol. The highest BCUT2D eigenvalue weighted by Crippen LogP contribution is 2.36. The molecule has 1 N–H and O–H groups in total. The van der Waals surface area contributed by atoms with E-state index in [9.17, 15) is 13.6 Å². The van der Waals surface area contributed by atoms with Crippen molar-refractivity contribution in [2.24, 2.45) is 5.92 Å². The predicted octanol–water partition coefficient (Wildman–Crippen LogP) is 4.11. The van der Waals surface area contributed by atoms with Crippen LogP contribution in [0.5, 0.6) is 0 Å². The third-order valence-electron chi connectivity index (χ3n) is 3.93. The molecule has 0 spiro atoms. The van der Waals surface area contributed by atoms with Crippen LogP contribution in [0.4, 0.5) is 14.5 Å². The van der Waals surface area contributed by atoms with Gasteiger partial charge in [-0.2, -0.15) is 0 Å². The second-order valence-electron chi connectivity index (χ2n) is 5.57. The van der Waals surface area contributed by atoms with Gasteiger partial charge in [0.05, 0.1) is 6.20 Å². The van der Waals surface area contributed by atoms with Crippen LogP contribution >= 0.6 is 0 Å². The first kappa shape index (κ1) is 14.7. The standard InChI is InChI=1S/C16H16F2N2O2/c17-16(18)6-4-11(5-7-16)15(21)20-13-3-1-2-12(8-13)14-9-19-10-22-14/h1-3,8-11H,4-7H2,(H,20,21). The lowest BCUT2D eigenvalue weighted by atomic mass is 9.86. The van der Waals surface area contributed by atoms with Crippen molar-refractivity contribution in [1.82, 2.24) is 4.98 Å². The van der Waals surface area contributed by atoms with Crippen molar-refractivity contribution < 1.29 is 18.0 Å². The van der Waals surface area contributed by atoms with E-state index in [-0.39, 0.29) is 37.5 Å². The summed E-state index contributed by atoms with van der Waals surface area (Å²) in [5.41, 5.74) is 1.42. The van der Waals surface area contributed by atoms with Crippen LogP contribution in [0.25, 0.3) is 11.3 Å². The van der Waals surface area contributed by atoms with E-state index in [0.717, 1.165) is 5.56 Å². The normalized spacial score (nSPS) is 18.1. The molecule has 116 valence electrons. The van der Waals surface area contributed by atoms with Crippen LogP contribution in [0, 0.1) is 5.92 Å². The van der Waals surface area contributed by atoms with Crippen LogP contribution in [-0.4, -0.2) is 16.8 Å². The first-order valence-electron chi connectivity index (χ1n) is 7.21. The summed E-state index contributed by atoms with van der Waals surface area (Å²) < 4.78 is 31.5. The molecule has 1 fully saturated rings. The van der Waals surface area contributed by atoms with Gasteiger partial charge < -0.3 is 9.73 Å². The maximum absolute atomic E-state index is 13.1. The molecular weight excluding hydrogens is 290 g/mol. The molecule has 0 bridgehead atoms. The molecule has 1 saturated carbocycles. The van der Waals surface area contributed by atoms with E-state index in [2.05, 4.69) is 10.3 Å². The number of nitrogens with one attached hydrogen (secondary N) is 1. The van der Waals surface area contributed by atoms with Crippen LogP contribution in [0.1, 0.15) is 25.7 Å². The smallest absolute Gasteiger partial charge is 0.248 e. The Morgan fingerprint density at radius 3 is 2.77 bits per heavy atom. The van der Waals surface area contributed by atoms with Crippen molar-refractivity contribution >= 4 is 11.6 Å². The highest BCUT2D eigenvalue weighted by Gasteiger charge is 2.37. The Balaban J connectivity index is 1.66. The number of aromatic nitrogens is 1. The molecule has 22 heavy (non-hydrogen) atoms. The number of rotatable bonds is 3. The third-order valence-corrected chi connectivity index (χ3v) is 3.93. The van der Waals surface area contributed by atoms with E-state index in [0.29, 0.717) is 11.4 Å². The molecule has 6 heteroatoms. The summed E-state index contributed by atoms with van der Waals surface area (Å²) in [7, 11) is 0. The fourth-order valence-corrected chi connectivity index (χ4v) is 2.66. The first-order valence-corrected chi connectivity index (χ1v) is 7.21. The van der Waals surface area contributed by atoms with Crippen molar-refractivity contribution in [2.75, 3.05) is 5.32 Å². The van der Waals surface area contributed by atoms with Crippen LogP contribution in [-0.2, 0) is 4.79 Å². The lowest BCUT2D eigenvalue weighted by Gasteiger charge is -2.27. The quantitative estimate of drug-likeness (QED) is 0.928. The topological polar surface area (TPSA) is 55.1 Å². The molecule has 0 unspecified atom stereocenters. The van der Waals surface area contributed by atoms with E-state index in [1.54, 1.807) is 24.4 Å². The van der Waals surface area contributed by atoms with E-state index in [4.69, 9.17) is 4.42 Å². The van der Waals surface area contributed by atoms with E-state index >= 15 is 0 Å². The highest BCUT2D eigenvalue weighted by molar-refractivity contribution is 5.93. The number of oxazole rings is 1. The van der Waals surface area contributed by atoms with Crippen molar-refractivity contribution in [3.8, 4) is 11.3 Å². The van der Waals surface area contributed by atoms with E-state index in [1.807, 2.05) is 6.07 Å². The largest absolute Gasteiger partial charge is 0.444 e. The molecule has 4 nitrogen and oxygen atoms in total. The molecule has 2 aromatic rings. The molecule has 1 amide bonds. The summed E-state index contributed by atoms with van der Waals surface area (Å²) in [6.45, 7) is 0. The van der Waals surface area contributed by atoms with Gasteiger partial charge in [0.1, 0.15) is 0 Å². The van der Waals surface area contributed by atoms with Gasteiger partial charge in [-0.15, -0.1) is 0 Å². The van der Waals surface area contributed by atoms with Crippen molar-refractivity contribution in [1.29, 1.82) is 0 Å². The van der Waals surface area contributed by atoms with Crippen LogP contribution in [0.15, 0.2) is 41.3 Å². The SMILES string of the molecule is O=C(Nc1cccc(-c2cnco2)c1)C1CCC(F)(F)CC1. The zero-order valence-electron chi connectivity index (χ0n) is 11.9. The number of alkyl halides is 2. The summed E-state index contributed by atoms with van der Waals surface area (Å²) in [5, 5.41) is 2.80. The van der Waals surface area contributed by atoms with Gasteiger partial charge in [-0.1, -0.05) is 12.1 Å². The molecule has 0 radical (unpaired) electrons. The summed E-state index contributed by atoms with van der Waals surface area (Å²) in [6, 6.07) is 7.17. The molecule has 1 aromatic heterocycles. The molecule has 3 rings (SSSR count). The van der Waals surface area contributed by atoms with Gasteiger partial charge in [0, 0.05) is 30.0 Å². The maximum atomic E-state index is 13.1.